The van der Waals surface area contributed by atoms with Crippen LogP contribution in [0, 0.1) is 5.92 Å². The van der Waals surface area contributed by atoms with E-state index in [2.05, 4.69) is 16.8 Å². The molecule has 1 aliphatic rings. The Balaban J connectivity index is 2.09. The van der Waals surface area contributed by atoms with Gasteiger partial charge >= 0.3 is 5.97 Å². The van der Waals surface area contributed by atoms with Gasteiger partial charge in [0.15, 0.2) is 10.8 Å². The quantitative estimate of drug-likeness (QED) is 0.892. The molecule has 1 fully saturated rings. The maximum absolute atomic E-state index is 10.8. The van der Waals surface area contributed by atoms with Crippen LogP contribution in [0.25, 0.3) is 0 Å². The van der Waals surface area contributed by atoms with E-state index in [1.165, 1.54) is 11.3 Å². The second kappa shape index (κ2) is 5.01. The number of rotatable bonds is 3. The molecule has 1 aromatic rings. The fraction of sp³-hybridized carbons (Fsp3) is 0.636. The number of ether oxygens (including phenoxy) is 1. The van der Waals surface area contributed by atoms with Crippen molar-refractivity contribution in [2.75, 3.05) is 25.1 Å². The molecule has 0 radical (unpaired) electrons. The fourth-order valence-corrected chi connectivity index (χ4v) is 2.86. The Morgan fingerprint density at radius 1 is 1.71 bits per heavy atom. The summed E-state index contributed by atoms with van der Waals surface area (Å²) in [5, 5.41) is 11.2. The molecule has 2 heterocycles. The van der Waals surface area contributed by atoms with Gasteiger partial charge in [0.05, 0.1) is 6.10 Å². The zero-order valence-corrected chi connectivity index (χ0v) is 10.7. The van der Waals surface area contributed by atoms with Gasteiger partial charge in [0, 0.05) is 25.6 Å². The Morgan fingerprint density at radius 2 is 2.47 bits per heavy atom. The van der Waals surface area contributed by atoms with Crippen molar-refractivity contribution in [3.63, 3.8) is 0 Å². The van der Waals surface area contributed by atoms with E-state index in [9.17, 15) is 4.79 Å². The first-order valence-electron chi connectivity index (χ1n) is 5.58. The molecule has 0 aliphatic carbocycles. The molecule has 2 atom stereocenters. The lowest BCUT2D eigenvalue weighted by Crippen LogP contribution is -2.43. The molecule has 94 valence electrons. The van der Waals surface area contributed by atoms with Crippen molar-refractivity contribution < 1.29 is 14.6 Å². The number of nitrogens with zero attached hydrogens (tertiary/aromatic N) is 2. The molecule has 6 heteroatoms. The van der Waals surface area contributed by atoms with Gasteiger partial charge in [0.25, 0.3) is 0 Å². The molecule has 5 nitrogen and oxygen atoms in total. The first-order valence-corrected chi connectivity index (χ1v) is 6.46. The van der Waals surface area contributed by atoms with E-state index in [0.29, 0.717) is 5.92 Å². The van der Waals surface area contributed by atoms with E-state index in [4.69, 9.17) is 9.84 Å². The summed E-state index contributed by atoms with van der Waals surface area (Å²) in [5.74, 6) is -0.434. The predicted octanol–water partition coefficient (Wildman–Crippen LogP) is 1.70. The molecule has 1 aliphatic heterocycles. The summed E-state index contributed by atoms with van der Waals surface area (Å²) in [6, 6.07) is 0. The summed E-state index contributed by atoms with van der Waals surface area (Å²) in [6.45, 7) is 3.87. The molecule has 1 N–H and O–H groups in total. The van der Waals surface area contributed by atoms with Crippen LogP contribution in [0.1, 0.15) is 23.8 Å². The highest BCUT2D eigenvalue weighted by atomic mass is 32.1. The number of hydrogen-bond donors (Lipinski definition) is 1. The largest absolute Gasteiger partial charge is 0.476 e. The van der Waals surface area contributed by atoms with Crippen LogP contribution in [-0.2, 0) is 4.74 Å². The van der Waals surface area contributed by atoms with Crippen LogP contribution in [0.5, 0.6) is 0 Å². The second-order valence-electron chi connectivity index (χ2n) is 4.31. The zero-order chi connectivity index (χ0) is 12.4. The fourth-order valence-electron chi connectivity index (χ4n) is 2.02. The number of anilines is 1. The van der Waals surface area contributed by atoms with Gasteiger partial charge in [-0.05, 0) is 12.3 Å². The van der Waals surface area contributed by atoms with Crippen LogP contribution >= 0.6 is 11.3 Å². The van der Waals surface area contributed by atoms with Gasteiger partial charge in [0.1, 0.15) is 0 Å². The number of carbonyl (C=O) groups is 1. The Bertz CT molecular complexity index is 407. The molecule has 0 saturated carbocycles. The van der Waals surface area contributed by atoms with Crippen LogP contribution in [0.3, 0.4) is 0 Å². The normalized spacial score (nSPS) is 24.9. The number of carboxylic acid groups (broad SMARTS) is 1. The van der Waals surface area contributed by atoms with Crippen molar-refractivity contribution in [2.45, 2.75) is 19.4 Å². The minimum absolute atomic E-state index is 0.123. The lowest BCUT2D eigenvalue weighted by Gasteiger charge is -2.35. The first-order chi connectivity index (χ1) is 8.11. The number of aromatic nitrogens is 1. The van der Waals surface area contributed by atoms with Crippen LogP contribution in [0.4, 0.5) is 5.13 Å². The number of methoxy groups -OCH3 is 1. The molecule has 0 bridgehead atoms. The Kier molecular flexibility index (Phi) is 3.63. The van der Waals surface area contributed by atoms with Gasteiger partial charge in [-0.2, -0.15) is 0 Å². The zero-order valence-electron chi connectivity index (χ0n) is 9.92. The van der Waals surface area contributed by atoms with E-state index in [1.807, 2.05) is 0 Å². The molecular weight excluding hydrogens is 240 g/mol. The van der Waals surface area contributed by atoms with Gasteiger partial charge in [-0.1, -0.05) is 6.92 Å². The second-order valence-corrected chi connectivity index (χ2v) is 5.14. The Labute approximate surface area is 104 Å². The summed E-state index contributed by atoms with van der Waals surface area (Å²) >= 11 is 1.38. The number of hydrogen-bond acceptors (Lipinski definition) is 5. The first kappa shape index (κ1) is 12.3. The lowest BCUT2D eigenvalue weighted by molar-refractivity contribution is 0.0498. The Morgan fingerprint density at radius 3 is 3.06 bits per heavy atom. The molecule has 17 heavy (non-hydrogen) atoms. The number of piperidine rings is 1. The SMILES string of the molecule is COC1CN(c2nc(C(=O)O)cs2)CCC1C. The van der Waals surface area contributed by atoms with Crippen molar-refractivity contribution in [1.82, 2.24) is 4.98 Å². The number of thiazole rings is 1. The van der Waals surface area contributed by atoms with Crippen LogP contribution in [0.2, 0.25) is 0 Å². The highest BCUT2D eigenvalue weighted by Gasteiger charge is 2.27. The third kappa shape index (κ3) is 2.58. The van der Waals surface area contributed by atoms with Crippen molar-refractivity contribution in [3.05, 3.63) is 11.1 Å². The highest BCUT2D eigenvalue weighted by Crippen LogP contribution is 2.27. The lowest BCUT2D eigenvalue weighted by atomic mass is 9.96. The third-order valence-corrected chi connectivity index (χ3v) is 4.08. The van der Waals surface area contributed by atoms with Crippen molar-refractivity contribution in [1.29, 1.82) is 0 Å². The standard InChI is InChI=1S/C11H16N2O3S/c1-7-3-4-13(5-9(7)16-2)11-12-8(6-17-11)10(14)15/h6-7,9H,3-5H2,1-2H3,(H,14,15). The summed E-state index contributed by atoms with van der Waals surface area (Å²) in [7, 11) is 1.72. The van der Waals surface area contributed by atoms with Gasteiger partial charge in [0.2, 0.25) is 0 Å². The van der Waals surface area contributed by atoms with Crippen molar-refractivity contribution in [2.24, 2.45) is 5.92 Å². The van der Waals surface area contributed by atoms with Gasteiger partial charge < -0.3 is 14.7 Å². The molecule has 0 amide bonds. The average molecular weight is 256 g/mol. The maximum atomic E-state index is 10.8. The molecule has 1 aromatic heterocycles. The number of carboxylic acids is 1. The minimum atomic E-state index is -0.971. The molecule has 0 spiro atoms. The number of aromatic carboxylic acids is 1. The monoisotopic (exact) mass is 256 g/mol. The van der Waals surface area contributed by atoms with Crippen molar-refractivity contribution >= 4 is 22.4 Å². The van der Waals surface area contributed by atoms with Crippen LogP contribution in [-0.4, -0.2) is 42.4 Å². The summed E-state index contributed by atoms with van der Waals surface area (Å²) in [5.41, 5.74) is 0.123. The summed E-state index contributed by atoms with van der Waals surface area (Å²) in [6.07, 6.45) is 1.24. The van der Waals surface area contributed by atoms with E-state index in [-0.39, 0.29) is 11.8 Å². The molecule has 1 saturated heterocycles. The van der Waals surface area contributed by atoms with E-state index in [0.717, 1.165) is 24.6 Å². The maximum Gasteiger partial charge on any atom is 0.355 e. The van der Waals surface area contributed by atoms with Crippen molar-refractivity contribution in [3.8, 4) is 0 Å². The molecule has 0 aromatic carbocycles. The molecule has 2 rings (SSSR count). The van der Waals surface area contributed by atoms with E-state index in [1.54, 1.807) is 12.5 Å². The van der Waals surface area contributed by atoms with Crippen LogP contribution in [0.15, 0.2) is 5.38 Å². The summed E-state index contributed by atoms with van der Waals surface area (Å²) in [4.78, 5) is 17.0. The topological polar surface area (TPSA) is 62.7 Å². The molecular formula is C11H16N2O3S. The molecule has 2 unspecified atom stereocenters. The third-order valence-electron chi connectivity index (χ3n) is 3.17. The van der Waals surface area contributed by atoms with E-state index >= 15 is 0 Å². The smallest absolute Gasteiger partial charge is 0.355 e. The average Bonchev–Trinajstić information content (AvgIpc) is 2.79. The van der Waals surface area contributed by atoms with Crippen LogP contribution < -0.4 is 4.90 Å². The van der Waals surface area contributed by atoms with Gasteiger partial charge in [-0.15, -0.1) is 11.3 Å². The Hall–Kier alpha value is -1.14. The van der Waals surface area contributed by atoms with Gasteiger partial charge in [-0.3, -0.25) is 0 Å². The highest BCUT2D eigenvalue weighted by molar-refractivity contribution is 7.13. The predicted molar refractivity (Wildman–Crippen MR) is 65.9 cm³/mol. The minimum Gasteiger partial charge on any atom is -0.476 e. The van der Waals surface area contributed by atoms with E-state index < -0.39 is 5.97 Å². The summed E-state index contributed by atoms with van der Waals surface area (Å²) < 4.78 is 5.43. The van der Waals surface area contributed by atoms with Gasteiger partial charge in [-0.25, -0.2) is 9.78 Å².